The highest BCUT2D eigenvalue weighted by Crippen LogP contribution is 2.29. The number of nitrogens with zero attached hydrogens (tertiary/aromatic N) is 1. The molecule has 0 unspecified atom stereocenters. The molecule has 0 saturated heterocycles. The molecule has 4 N–H and O–H groups in total. The van der Waals surface area contributed by atoms with Crippen LogP contribution in [0.1, 0.15) is 16.7 Å². The highest BCUT2D eigenvalue weighted by atomic mass is 16.4. The van der Waals surface area contributed by atoms with E-state index in [4.69, 9.17) is 0 Å². The highest BCUT2D eigenvalue weighted by Gasteiger charge is 2.15. The molecule has 154 valence electrons. The van der Waals surface area contributed by atoms with Crippen molar-refractivity contribution in [2.24, 2.45) is 0 Å². The van der Waals surface area contributed by atoms with Gasteiger partial charge in [0.15, 0.2) is 0 Å². The van der Waals surface area contributed by atoms with Crippen LogP contribution in [-0.4, -0.2) is 27.1 Å². The molecule has 7 heteroatoms. The number of H-pyrrole nitrogens is 1. The van der Waals surface area contributed by atoms with Crippen LogP contribution < -0.4 is 10.6 Å². The van der Waals surface area contributed by atoms with Crippen LogP contribution in [0.3, 0.4) is 0 Å². The fraction of sp³-hybridized carbons (Fsp3) is 0.0417. The molecule has 2 aromatic heterocycles. The molecule has 2 aromatic carbocycles. The van der Waals surface area contributed by atoms with E-state index in [1.807, 2.05) is 36.4 Å². The van der Waals surface area contributed by atoms with Crippen molar-refractivity contribution in [1.29, 1.82) is 0 Å². The average Bonchev–Trinajstić information content (AvgIpc) is 3.21. The molecule has 0 saturated carbocycles. The number of hydrogen-bond acceptors (Lipinski definition) is 3. The van der Waals surface area contributed by atoms with Crippen LogP contribution in [0.4, 0.5) is 10.5 Å². The molecule has 7 nitrogen and oxygen atoms in total. The van der Waals surface area contributed by atoms with Gasteiger partial charge in [0.1, 0.15) is 5.65 Å². The molecule has 0 fully saturated rings. The zero-order chi connectivity index (χ0) is 21.6. The fourth-order valence-corrected chi connectivity index (χ4v) is 3.29. The van der Waals surface area contributed by atoms with Crippen LogP contribution in [0.25, 0.3) is 22.7 Å². The van der Waals surface area contributed by atoms with Gasteiger partial charge < -0.3 is 20.7 Å². The van der Waals surface area contributed by atoms with Gasteiger partial charge in [-0.1, -0.05) is 60.7 Å². The van der Waals surface area contributed by atoms with E-state index in [0.717, 1.165) is 5.56 Å². The van der Waals surface area contributed by atoms with E-state index in [1.165, 1.54) is 0 Å². The van der Waals surface area contributed by atoms with Crippen LogP contribution in [-0.2, 0) is 11.3 Å². The second-order valence-corrected chi connectivity index (χ2v) is 6.85. The van der Waals surface area contributed by atoms with Gasteiger partial charge in [-0.05, 0) is 23.3 Å². The van der Waals surface area contributed by atoms with Gasteiger partial charge in [0.25, 0.3) is 0 Å². The first-order valence-electron chi connectivity index (χ1n) is 9.67. The number of benzene rings is 2. The average molecular weight is 412 g/mol. The van der Waals surface area contributed by atoms with Crippen molar-refractivity contribution in [3.63, 3.8) is 0 Å². The minimum Gasteiger partial charge on any atom is -0.478 e. The molecule has 4 rings (SSSR count). The number of hydrogen-bond donors (Lipinski definition) is 4. The fourth-order valence-electron chi connectivity index (χ4n) is 3.29. The van der Waals surface area contributed by atoms with Gasteiger partial charge in [0.2, 0.25) is 0 Å². The maximum Gasteiger partial charge on any atom is 0.336 e. The van der Waals surface area contributed by atoms with E-state index >= 15 is 0 Å². The van der Waals surface area contributed by atoms with Gasteiger partial charge in [0.05, 0.1) is 11.3 Å². The topological polar surface area (TPSA) is 107 Å². The lowest BCUT2D eigenvalue weighted by Crippen LogP contribution is -2.28. The third-order valence-corrected chi connectivity index (χ3v) is 4.76. The van der Waals surface area contributed by atoms with Gasteiger partial charge in [-0.15, -0.1) is 0 Å². The summed E-state index contributed by atoms with van der Waals surface area (Å²) in [4.78, 5) is 31.6. The van der Waals surface area contributed by atoms with Gasteiger partial charge in [-0.25, -0.2) is 14.6 Å². The number of rotatable bonds is 6. The maximum absolute atomic E-state index is 12.5. The predicted octanol–water partition coefficient (Wildman–Crippen LogP) is 4.51. The van der Waals surface area contributed by atoms with Crippen molar-refractivity contribution < 1.29 is 14.7 Å². The number of carbonyl (C=O) groups is 2. The van der Waals surface area contributed by atoms with Crippen molar-refractivity contribution in [2.45, 2.75) is 6.54 Å². The number of aliphatic carboxylic acids is 1. The third-order valence-electron chi connectivity index (χ3n) is 4.76. The van der Waals surface area contributed by atoms with Crippen LogP contribution in [0, 0.1) is 0 Å². The Bertz CT molecular complexity index is 1250. The summed E-state index contributed by atoms with van der Waals surface area (Å²) in [5, 5.41) is 16.0. The first kappa shape index (κ1) is 19.9. The summed E-state index contributed by atoms with van der Waals surface area (Å²) < 4.78 is 0. The summed E-state index contributed by atoms with van der Waals surface area (Å²) in [6.07, 6.45) is 4.83. The van der Waals surface area contributed by atoms with Crippen LogP contribution in [0.15, 0.2) is 79.1 Å². The molecule has 0 bridgehead atoms. The zero-order valence-electron chi connectivity index (χ0n) is 16.5. The van der Waals surface area contributed by atoms with Crippen LogP contribution >= 0.6 is 0 Å². The van der Waals surface area contributed by atoms with Crippen LogP contribution in [0.5, 0.6) is 0 Å². The summed E-state index contributed by atoms with van der Waals surface area (Å²) in [6, 6.07) is 19.8. The molecule has 0 aliphatic carbocycles. The Hall–Kier alpha value is -4.39. The third kappa shape index (κ3) is 4.62. The predicted molar refractivity (Wildman–Crippen MR) is 120 cm³/mol. The number of carboxylic acid groups (broad SMARTS) is 1. The Morgan fingerprint density at radius 2 is 1.71 bits per heavy atom. The van der Waals surface area contributed by atoms with Crippen molar-refractivity contribution >= 4 is 40.4 Å². The second kappa shape index (κ2) is 8.96. The van der Waals surface area contributed by atoms with Crippen molar-refractivity contribution in [3.8, 4) is 0 Å². The molecule has 0 aliphatic heterocycles. The Balaban J connectivity index is 1.63. The number of urea groups is 1. The zero-order valence-corrected chi connectivity index (χ0v) is 16.5. The van der Waals surface area contributed by atoms with E-state index in [9.17, 15) is 14.7 Å². The van der Waals surface area contributed by atoms with E-state index < -0.39 is 5.97 Å². The Morgan fingerprint density at radius 1 is 1.00 bits per heavy atom. The first-order valence-corrected chi connectivity index (χ1v) is 9.67. The largest absolute Gasteiger partial charge is 0.478 e. The smallest absolute Gasteiger partial charge is 0.336 e. The summed E-state index contributed by atoms with van der Waals surface area (Å²) in [7, 11) is 0. The van der Waals surface area contributed by atoms with Crippen molar-refractivity contribution in [3.05, 3.63) is 95.8 Å². The first-order chi connectivity index (χ1) is 15.1. The summed E-state index contributed by atoms with van der Waals surface area (Å²) in [5.74, 6) is -1.04. The molecule has 2 heterocycles. The molecule has 0 spiro atoms. The Labute approximate surface area is 178 Å². The molecule has 31 heavy (non-hydrogen) atoms. The summed E-state index contributed by atoms with van der Waals surface area (Å²) in [6.45, 7) is 0.387. The summed E-state index contributed by atoms with van der Waals surface area (Å²) in [5.41, 5.74) is 3.40. The lowest BCUT2D eigenvalue weighted by atomic mass is 10.0. The summed E-state index contributed by atoms with van der Waals surface area (Å²) >= 11 is 0. The number of carbonyl (C=O) groups excluding carboxylic acids is 1. The Morgan fingerprint density at radius 3 is 2.42 bits per heavy atom. The van der Waals surface area contributed by atoms with Gasteiger partial charge >= 0.3 is 12.0 Å². The minimum atomic E-state index is -1.04. The minimum absolute atomic E-state index is 0.143. The Kier molecular flexibility index (Phi) is 5.75. The number of aromatic amines is 1. The number of aromatic nitrogens is 2. The van der Waals surface area contributed by atoms with Crippen molar-refractivity contribution in [2.75, 3.05) is 5.32 Å². The number of nitrogens with one attached hydrogen (secondary N) is 3. The van der Waals surface area contributed by atoms with Gasteiger partial charge in [-0.3, -0.25) is 0 Å². The highest BCUT2D eigenvalue weighted by molar-refractivity contribution is 6.22. The van der Waals surface area contributed by atoms with E-state index in [1.54, 1.807) is 48.8 Å². The standard InChI is InChI=1S/C24H20N4O3/c29-23(30)19(17-9-5-2-6-10-17)13-18-15-26-22-21(18)20(11-12-25-22)28-24(31)27-14-16-7-3-1-4-8-16/h1-13,15H,14H2,(H,29,30)(H3,25,26,27,28,31). The van der Waals surface area contributed by atoms with Crippen molar-refractivity contribution in [1.82, 2.24) is 15.3 Å². The van der Waals surface area contributed by atoms with Crippen LogP contribution in [0.2, 0.25) is 0 Å². The molecule has 0 atom stereocenters. The van der Waals surface area contributed by atoms with Gasteiger partial charge in [0, 0.05) is 29.9 Å². The molecular weight excluding hydrogens is 392 g/mol. The number of pyridine rings is 1. The molecule has 2 amide bonds. The quantitative estimate of drug-likeness (QED) is 0.350. The lowest BCUT2D eigenvalue weighted by molar-refractivity contribution is -0.130. The second-order valence-electron chi connectivity index (χ2n) is 6.85. The number of amides is 2. The number of fused-ring (bicyclic) bond motifs is 1. The van der Waals surface area contributed by atoms with E-state index in [0.29, 0.717) is 34.4 Å². The normalized spacial score (nSPS) is 11.3. The lowest BCUT2D eigenvalue weighted by Gasteiger charge is -2.09. The molecule has 0 aliphatic rings. The van der Waals surface area contributed by atoms with E-state index in [-0.39, 0.29) is 11.6 Å². The molecule has 0 radical (unpaired) electrons. The number of anilines is 1. The molecular formula is C24H20N4O3. The maximum atomic E-state index is 12.5. The SMILES string of the molecule is O=C(NCc1ccccc1)Nc1ccnc2[nH]cc(C=C(C(=O)O)c3ccccc3)c12. The number of carboxylic acids is 1. The monoisotopic (exact) mass is 412 g/mol. The van der Waals surface area contributed by atoms with Gasteiger partial charge in [-0.2, -0.15) is 0 Å². The van der Waals surface area contributed by atoms with E-state index in [2.05, 4.69) is 20.6 Å². The molecule has 4 aromatic rings.